The van der Waals surface area contributed by atoms with Crippen molar-refractivity contribution >= 4 is 11.0 Å². The molecule has 0 aliphatic carbocycles. The quantitative estimate of drug-likeness (QED) is 0.649. The Morgan fingerprint density at radius 3 is 2.64 bits per heavy atom. The predicted molar refractivity (Wildman–Crippen MR) is 92.1 cm³/mol. The van der Waals surface area contributed by atoms with E-state index in [4.69, 9.17) is 0 Å². The molecule has 114 valence electrons. The normalized spacial score (nSPS) is 12.6. The van der Waals surface area contributed by atoms with Crippen LogP contribution in [-0.4, -0.2) is 23.1 Å². The lowest BCUT2D eigenvalue weighted by Crippen LogP contribution is -2.21. The van der Waals surface area contributed by atoms with Gasteiger partial charge in [0.2, 0.25) is 0 Å². The molecular weight excluding hydrogens is 270 g/mol. The Bertz CT molecular complexity index is 670. The largest absolute Gasteiger partial charge is 0.342 e. The summed E-state index contributed by atoms with van der Waals surface area (Å²) in [7, 11) is 0. The maximum Gasteiger partial charge on any atom is 0.107 e. The number of nitrogens with one attached hydrogen (secondary N) is 2. The fraction of sp³-hybridized carbons (Fsp3) is 0.316. The SMILES string of the molecule is C[C@@H](CNCCCc1nc2ccccc2[nH]1)c1ccccc1. The standard InChI is InChI=1S/C19H23N3/c1-15(16-8-3-2-4-9-16)14-20-13-7-12-19-21-17-10-5-6-11-18(17)22-19/h2-6,8-11,15,20H,7,12-14H2,1H3,(H,21,22)/t15-/m0/s1. The first-order valence-electron chi connectivity index (χ1n) is 8.02. The second kappa shape index (κ2) is 7.23. The summed E-state index contributed by atoms with van der Waals surface area (Å²) in [5.74, 6) is 1.63. The number of hydrogen-bond acceptors (Lipinski definition) is 2. The highest BCUT2D eigenvalue weighted by Gasteiger charge is 2.04. The Balaban J connectivity index is 1.40. The number of benzene rings is 2. The van der Waals surface area contributed by atoms with Crippen LogP contribution in [0.4, 0.5) is 0 Å². The fourth-order valence-corrected chi connectivity index (χ4v) is 2.72. The Morgan fingerprint density at radius 2 is 1.82 bits per heavy atom. The van der Waals surface area contributed by atoms with Crippen molar-refractivity contribution in [3.63, 3.8) is 0 Å². The van der Waals surface area contributed by atoms with E-state index in [9.17, 15) is 0 Å². The van der Waals surface area contributed by atoms with E-state index in [-0.39, 0.29) is 0 Å². The topological polar surface area (TPSA) is 40.7 Å². The molecule has 3 nitrogen and oxygen atoms in total. The average molecular weight is 293 g/mol. The van der Waals surface area contributed by atoms with Crippen molar-refractivity contribution < 1.29 is 0 Å². The van der Waals surface area contributed by atoms with E-state index >= 15 is 0 Å². The second-order valence-electron chi connectivity index (χ2n) is 5.82. The smallest absolute Gasteiger partial charge is 0.107 e. The third-order valence-corrected chi connectivity index (χ3v) is 4.02. The Labute approximate surface area is 131 Å². The van der Waals surface area contributed by atoms with E-state index in [0.717, 1.165) is 42.8 Å². The van der Waals surface area contributed by atoms with Gasteiger partial charge in [0.05, 0.1) is 11.0 Å². The van der Waals surface area contributed by atoms with Crippen LogP contribution in [0, 0.1) is 0 Å². The van der Waals surface area contributed by atoms with Gasteiger partial charge < -0.3 is 10.3 Å². The summed E-state index contributed by atoms with van der Waals surface area (Å²) in [5.41, 5.74) is 3.58. The van der Waals surface area contributed by atoms with Gasteiger partial charge in [-0.05, 0) is 36.6 Å². The Hall–Kier alpha value is -2.13. The molecule has 0 saturated heterocycles. The lowest BCUT2D eigenvalue weighted by molar-refractivity contribution is 0.592. The molecule has 2 N–H and O–H groups in total. The third kappa shape index (κ3) is 3.74. The summed E-state index contributed by atoms with van der Waals surface area (Å²) in [6.07, 6.45) is 2.09. The van der Waals surface area contributed by atoms with E-state index in [0.29, 0.717) is 5.92 Å². The molecule has 0 radical (unpaired) electrons. The van der Waals surface area contributed by atoms with Crippen LogP contribution < -0.4 is 5.32 Å². The molecule has 1 heterocycles. The summed E-state index contributed by atoms with van der Waals surface area (Å²) >= 11 is 0. The molecule has 3 aromatic rings. The second-order valence-corrected chi connectivity index (χ2v) is 5.82. The van der Waals surface area contributed by atoms with Crippen LogP contribution in [0.5, 0.6) is 0 Å². The zero-order valence-electron chi connectivity index (χ0n) is 13.0. The molecule has 0 bridgehead atoms. The molecule has 0 aliphatic heterocycles. The zero-order valence-corrected chi connectivity index (χ0v) is 13.0. The summed E-state index contributed by atoms with van der Waals surface area (Å²) < 4.78 is 0. The molecule has 3 rings (SSSR count). The van der Waals surface area contributed by atoms with E-state index in [1.165, 1.54) is 5.56 Å². The molecule has 1 atom stereocenters. The lowest BCUT2D eigenvalue weighted by atomic mass is 10.0. The van der Waals surface area contributed by atoms with Crippen molar-refractivity contribution in [3.8, 4) is 0 Å². The van der Waals surface area contributed by atoms with Crippen LogP contribution in [-0.2, 0) is 6.42 Å². The van der Waals surface area contributed by atoms with E-state index < -0.39 is 0 Å². The number of imidazole rings is 1. The van der Waals surface area contributed by atoms with Crippen molar-refractivity contribution in [2.45, 2.75) is 25.7 Å². The number of para-hydroxylation sites is 2. The van der Waals surface area contributed by atoms with Gasteiger partial charge in [-0.2, -0.15) is 0 Å². The Kier molecular flexibility index (Phi) is 4.86. The minimum atomic E-state index is 0.549. The predicted octanol–water partition coefficient (Wildman–Crippen LogP) is 3.89. The molecule has 1 aromatic heterocycles. The third-order valence-electron chi connectivity index (χ3n) is 4.02. The van der Waals surface area contributed by atoms with Gasteiger partial charge in [0.15, 0.2) is 0 Å². The number of hydrogen-bond donors (Lipinski definition) is 2. The van der Waals surface area contributed by atoms with Gasteiger partial charge in [-0.15, -0.1) is 0 Å². The van der Waals surface area contributed by atoms with Gasteiger partial charge in [-0.3, -0.25) is 0 Å². The van der Waals surface area contributed by atoms with Crippen molar-refractivity contribution in [1.29, 1.82) is 0 Å². The van der Waals surface area contributed by atoms with Crippen molar-refractivity contribution in [1.82, 2.24) is 15.3 Å². The number of aromatic nitrogens is 2. The van der Waals surface area contributed by atoms with Crippen LogP contribution in [0.1, 0.15) is 30.7 Å². The zero-order chi connectivity index (χ0) is 15.2. The molecular formula is C19H23N3. The first kappa shape index (κ1) is 14.8. The maximum atomic E-state index is 4.61. The molecule has 0 unspecified atom stereocenters. The summed E-state index contributed by atoms with van der Waals surface area (Å²) in [4.78, 5) is 7.99. The average Bonchev–Trinajstić information content (AvgIpc) is 2.98. The van der Waals surface area contributed by atoms with Crippen molar-refractivity contribution in [2.75, 3.05) is 13.1 Å². The molecule has 0 fully saturated rings. The summed E-state index contributed by atoms with van der Waals surface area (Å²) in [6.45, 7) is 4.31. The molecule has 0 amide bonds. The number of nitrogens with zero attached hydrogens (tertiary/aromatic N) is 1. The minimum Gasteiger partial charge on any atom is -0.342 e. The molecule has 22 heavy (non-hydrogen) atoms. The summed E-state index contributed by atoms with van der Waals surface area (Å²) in [5, 5.41) is 3.55. The monoisotopic (exact) mass is 293 g/mol. The molecule has 2 aromatic carbocycles. The highest BCUT2D eigenvalue weighted by atomic mass is 14.9. The highest BCUT2D eigenvalue weighted by molar-refractivity contribution is 5.74. The van der Waals surface area contributed by atoms with E-state index in [1.54, 1.807) is 0 Å². The molecule has 0 aliphatic rings. The van der Waals surface area contributed by atoms with Crippen LogP contribution in [0.25, 0.3) is 11.0 Å². The van der Waals surface area contributed by atoms with Gasteiger partial charge in [0, 0.05) is 13.0 Å². The Morgan fingerprint density at radius 1 is 1.05 bits per heavy atom. The van der Waals surface area contributed by atoms with Gasteiger partial charge in [-0.25, -0.2) is 4.98 Å². The number of aryl methyl sites for hydroxylation is 1. The van der Waals surface area contributed by atoms with Crippen molar-refractivity contribution in [2.24, 2.45) is 0 Å². The number of aromatic amines is 1. The van der Waals surface area contributed by atoms with Crippen LogP contribution in [0.15, 0.2) is 54.6 Å². The molecule has 0 spiro atoms. The maximum absolute atomic E-state index is 4.61. The lowest BCUT2D eigenvalue weighted by Gasteiger charge is -2.12. The van der Waals surface area contributed by atoms with Gasteiger partial charge in [0.1, 0.15) is 5.82 Å². The molecule has 3 heteroatoms. The van der Waals surface area contributed by atoms with Crippen LogP contribution >= 0.6 is 0 Å². The molecule has 0 saturated carbocycles. The minimum absolute atomic E-state index is 0.549. The van der Waals surface area contributed by atoms with Gasteiger partial charge in [0.25, 0.3) is 0 Å². The number of H-pyrrole nitrogens is 1. The van der Waals surface area contributed by atoms with E-state index in [2.05, 4.69) is 64.7 Å². The first-order chi connectivity index (χ1) is 10.8. The van der Waals surface area contributed by atoms with Crippen LogP contribution in [0.2, 0.25) is 0 Å². The highest BCUT2D eigenvalue weighted by Crippen LogP contribution is 2.13. The van der Waals surface area contributed by atoms with Crippen LogP contribution in [0.3, 0.4) is 0 Å². The number of rotatable bonds is 7. The number of fused-ring (bicyclic) bond motifs is 1. The fourth-order valence-electron chi connectivity index (χ4n) is 2.72. The van der Waals surface area contributed by atoms with Gasteiger partial charge in [-0.1, -0.05) is 49.4 Å². The summed E-state index contributed by atoms with van der Waals surface area (Å²) in [6, 6.07) is 18.9. The van der Waals surface area contributed by atoms with E-state index in [1.807, 2.05) is 12.1 Å². The first-order valence-corrected chi connectivity index (χ1v) is 8.02. The van der Waals surface area contributed by atoms with Gasteiger partial charge >= 0.3 is 0 Å². The van der Waals surface area contributed by atoms with Crippen molar-refractivity contribution in [3.05, 3.63) is 66.0 Å².